The Kier molecular flexibility index (Phi) is 5.61. The zero-order valence-electron chi connectivity index (χ0n) is 19.0. The molecule has 0 aromatic heterocycles. The fraction of sp³-hybridized carbons (Fsp3) is 0.345. The number of carboxylic acids is 3. The van der Waals surface area contributed by atoms with Crippen molar-refractivity contribution in [2.75, 3.05) is 0 Å². The van der Waals surface area contributed by atoms with Gasteiger partial charge in [0.15, 0.2) is 0 Å². The van der Waals surface area contributed by atoms with Crippen LogP contribution in [-0.2, 0) is 5.41 Å². The Hall–Kier alpha value is -4.03. The normalized spacial score (nSPS) is 25.7. The number of rotatable bonds is 4. The highest BCUT2D eigenvalue weighted by molar-refractivity contribution is 6.09. The summed E-state index contributed by atoms with van der Waals surface area (Å²) in [5.74, 6) is 8.85. The van der Waals surface area contributed by atoms with Crippen LogP contribution in [0.15, 0.2) is 36.4 Å². The molecule has 3 N–H and O–H groups in total. The molecule has 0 saturated heterocycles. The highest BCUT2D eigenvalue weighted by Crippen LogP contribution is 2.60. The molecule has 0 radical (unpaired) electrons. The monoisotopic (exact) mass is 468 g/mol. The van der Waals surface area contributed by atoms with Gasteiger partial charge >= 0.3 is 17.9 Å². The van der Waals surface area contributed by atoms with E-state index >= 15 is 0 Å². The number of benzene rings is 2. The lowest BCUT2D eigenvalue weighted by molar-refractivity contribution is -0.00519. The Bertz CT molecular complexity index is 1290. The van der Waals surface area contributed by atoms with Gasteiger partial charge in [-0.2, -0.15) is 0 Å². The maximum Gasteiger partial charge on any atom is 0.337 e. The van der Waals surface area contributed by atoms with Crippen molar-refractivity contribution in [3.05, 3.63) is 69.8 Å². The summed E-state index contributed by atoms with van der Waals surface area (Å²) in [6, 6.07) is 10.5. The van der Waals surface area contributed by atoms with Crippen molar-refractivity contribution in [1.29, 1.82) is 0 Å². The second-order valence-electron chi connectivity index (χ2n) is 10.1. The van der Waals surface area contributed by atoms with Gasteiger partial charge in [-0.15, -0.1) is 0 Å². The third-order valence-electron chi connectivity index (χ3n) is 7.82. The molecule has 4 aliphatic rings. The third-order valence-corrected chi connectivity index (χ3v) is 7.82. The van der Waals surface area contributed by atoms with E-state index in [2.05, 4.69) is 35.8 Å². The lowest BCUT2D eigenvalue weighted by atomic mass is 9.48. The summed E-state index contributed by atoms with van der Waals surface area (Å²) in [5, 5.41) is 27.9. The van der Waals surface area contributed by atoms with Crippen LogP contribution in [0.2, 0.25) is 0 Å². The zero-order valence-corrected chi connectivity index (χ0v) is 19.0. The van der Waals surface area contributed by atoms with E-state index in [1.807, 2.05) is 12.1 Å². The largest absolute Gasteiger partial charge is 0.478 e. The van der Waals surface area contributed by atoms with E-state index in [9.17, 15) is 29.7 Å². The summed E-state index contributed by atoms with van der Waals surface area (Å²) < 4.78 is 0. The molecule has 0 spiro atoms. The topological polar surface area (TPSA) is 112 Å². The molecular weight excluding hydrogens is 444 g/mol. The first-order valence-corrected chi connectivity index (χ1v) is 11.7. The van der Waals surface area contributed by atoms with Crippen LogP contribution in [0, 0.1) is 41.4 Å². The summed E-state index contributed by atoms with van der Waals surface area (Å²) in [5.41, 5.74) is 0.578. The van der Waals surface area contributed by atoms with Crippen LogP contribution in [-0.4, -0.2) is 33.2 Å². The number of hydrogen-bond acceptors (Lipinski definition) is 3. The quantitative estimate of drug-likeness (QED) is 0.563. The molecule has 4 bridgehead atoms. The predicted octanol–water partition coefficient (Wildman–Crippen LogP) is 4.65. The maximum absolute atomic E-state index is 11.5. The molecule has 2 aromatic carbocycles. The first kappa shape index (κ1) is 22.7. The average molecular weight is 469 g/mol. The summed E-state index contributed by atoms with van der Waals surface area (Å²) in [7, 11) is 0. The lowest BCUT2D eigenvalue weighted by Gasteiger charge is -2.57. The summed E-state index contributed by atoms with van der Waals surface area (Å²) in [4.78, 5) is 34.3. The molecule has 0 unspecified atom stereocenters. The average Bonchev–Trinajstić information content (AvgIpc) is 2.80. The lowest BCUT2D eigenvalue weighted by Crippen LogP contribution is -2.48. The summed E-state index contributed by atoms with van der Waals surface area (Å²) >= 11 is 0. The van der Waals surface area contributed by atoms with Crippen LogP contribution in [0.1, 0.15) is 86.3 Å². The van der Waals surface area contributed by atoms with Crippen molar-refractivity contribution in [2.24, 2.45) is 17.8 Å². The molecule has 0 atom stereocenters. The Morgan fingerprint density at radius 3 is 1.57 bits per heavy atom. The molecule has 6 heteroatoms. The fourth-order valence-corrected chi connectivity index (χ4v) is 6.86. The standard InChI is InChI=1S/C29H24O6/c30-26(31)23-12-18(13-24(27(32)33)25(23)28(34)35)4-2-1-3-17-5-7-22(8-6-17)29-14-19-9-20(15-29)11-21(10-19)16-29/h5-8,12-13,19-21H,9-11,14-16H2,(H,30,31)(H,32,33)(H,34,35). The smallest absolute Gasteiger partial charge is 0.337 e. The van der Waals surface area contributed by atoms with Crippen molar-refractivity contribution in [1.82, 2.24) is 0 Å². The van der Waals surface area contributed by atoms with E-state index in [4.69, 9.17) is 0 Å². The molecule has 2 aromatic rings. The molecule has 6 rings (SSSR count). The number of aromatic carboxylic acids is 3. The van der Waals surface area contributed by atoms with Crippen LogP contribution in [0.5, 0.6) is 0 Å². The molecule has 0 amide bonds. The summed E-state index contributed by atoms with van der Waals surface area (Å²) in [6.45, 7) is 0. The van der Waals surface area contributed by atoms with Crippen molar-refractivity contribution in [3.63, 3.8) is 0 Å². The maximum atomic E-state index is 11.5. The SMILES string of the molecule is O=C(O)c1cc(C#CC#Cc2ccc(C34CC5CC(CC(C5)C3)C4)cc2)cc(C(=O)O)c1C(=O)O. The first-order valence-electron chi connectivity index (χ1n) is 11.7. The predicted molar refractivity (Wildman–Crippen MR) is 127 cm³/mol. The fourth-order valence-electron chi connectivity index (χ4n) is 6.86. The minimum Gasteiger partial charge on any atom is -0.478 e. The molecular formula is C29H24O6. The highest BCUT2D eigenvalue weighted by atomic mass is 16.4. The van der Waals surface area contributed by atoms with Gasteiger partial charge in [-0.3, -0.25) is 0 Å². The molecule has 4 saturated carbocycles. The Balaban J connectivity index is 1.36. The van der Waals surface area contributed by atoms with Crippen LogP contribution in [0.25, 0.3) is 0 Å². The van der Waals surface area contributed by atoms with E-state index in [0.717, 1.165) is 35.4 Å². The van der Waals surface area contributed by atoms with Gasteiger partial charge in [-0.25, -0.2) is 14.4 Å². The van der Waals surface area contributed by atoms with Gasteiger partial charge in [0, 0.05) is 11.1 Å². The van der Waals surface area contributed by atoms with Gasteiger partial charge in [0.25, 0.3) is 0 Å². The Labute approximate surface area is 203 Å². The number of carboxylic acid groups (broad SMARTS) is 3. The third kappa shape index (κ3) is 4.29. The zero-order chi connectivity index (χ0) is 24.7. The Morgan fingerprint density at radius 1 is 0.686 bits per heavy atom. The second kappa shape index (κ2) is 8.64. The second-order valence-corrected chi connectivity index (χ2v) is 10.1. The number of carbonyl (C=O) groups is 3. The van der Waals surface area contributed by atoms with Crippen molar-refractivity contribution in [3.8, 4) is 23.7 Å². The number of hydrogen-bond donors (Lipinski definition) is 3. The minimum atomic E-state index is -1.63. The van der Waals surface area contributed by atoms with E-state index in [1.54, 1.807) is 0 Å². The molecule has 4 fully saturated rings. The van der Waals surface area contributed by atoms with E-state index < -0.39 is 34.6 Å². The van der Waals surface area contributed by atoms with E-state index in [1.165, 1.54) is 44.1 Å². The van der Waals surface area contributed by atoms with Crippen molar-refractivity contribution >= 4 is 17.9 Å². The van der Waals surface area contributed by atoms with Gasteiger partial charge < -0.3 is 15.3 Å². The molecule has 35 heavy (non-hydrogen) atoms. The van der Waals surface area contributed by atoms with Crippen LogP contribution in [0.4, 0.5) is 0 Å². The van der Waals surface area contributed by atoms with Crippen LogP contribution < -0.4 is 0 Å². The van der Waals surface area contributed by atoms with Crippen molar-refractivity contribution in [2.45, 2.75) is 43.9 Å². The first-order chi connectivity index (χ1) is 16.7. The van der Waals surface area contributed by atoms with Crippen molar-refractivity contribution < 1.29 is 29.7 Å². The van der Waals surface area contributed by atoms with Gasteiger partial charge in [-0.05, 0) is 103 Å². The van der Waals surface area contributed by atoms with Crippen LogP contribution in [0.3, 0.4) is 0 Å². The van der Waals surface area contributed by atoms with Crippen LogP contribution >= 0.6 is 0 Å². The van der Waals surface area contributed by atoms with E-state index in [0.29, 0.717) is 5.41 Å². The summed E-state index contributed by atoms with van der Waals surface area (Å²) in [6.07, 6.45) is 8.11. The molecule has 6 nitrogen and oxygen atoms in total. The van der Waals surface area contributed by atoms with Gasteiger partial charge in [0.1, 0.15) is 0 Å². The molecule has 0 aliphatic heterocycles. The Morgan fingerprint density at radius 2 is 1.14 bits per heavy atom. The molecule has 4 aliphatic carbocycles. The van der Waals surface area contributed by atoms with Gasteiger partial charge in [0.05, 0.1) is 16.7 Å². The van der Waals surface area contributed by atoms with Gasteiger partial charge in [-0.1, -0.05) is 24.0 Å². The van der Waals surface area contributed by atoms with E-state index in [-0.39, 0.29) is 5.56 Å². The molecule has 0 heterocycles. The van der Waals surface area contributed by atoms with Gasteiger partial charge in [0.2, 0.25) is 0 Å². The minimum absolute atomic E-state index is 0.0660. The molecule has 176 valence electrons. The highest BCUT2D eigenvalue weighted by Gasteiger charge is 2.51.